The van der Waals surface area contributed by atoms with Crippen LogP contribution in [0.4, 0.5) is 0 Å². The number of rotatable bonds is 6. The minimum absolute atomic E-state index is 0.00233. The number of amides is 1. The van der Waals surface area contributed by atoms with E-state index in [9.17, 15) is 18.0 Å². The largest absolute Gasteiger partial charge is 0.480 e. The molecule has 1 aromatic carbocycles. The van der Waals surface area contributed by atoms with Crippen LogP contribution in [0.2, 0.25) is 0 Å². The number of hydrogen-bond acceptors (Lipinski definition) is 5. The first kappa shape index (κ1) is 18.4. The highest BCUT2D eigenvalue weighted by atomic mass is 32.2. The average molecular weight is 356 g/mol. The Morgan fingerprint density at radius 2 is 2.00 bits per heavy atom. The number of nitrogens with one attached hydrogen (secondary N) is 1. The van der Waals surface area contributed by atoms with Crippen molar-refractivity contribution in [1.82, 2.24) is 9.62 Å². The number of aryl methyl sites for hydroxylation is 1. The molecule has 1 saturated heterocycles. The Balaban J connectivity index is 1.97. The highest BCUT2D eigenvalue weighted by Crippen LogP contribution is 2.14. The quantitative estimate of drug-likeness (QED) is 0.732. The van der Waals surface area contributed by atoms with Crippen molar-refractivity contribution in [2.45, 2.75) is 23.8 Å². The molecule has 2 rings (SSSR count). The van der Waals surface area contributed by atoms with Gasteiger partial charge in [0, 0.05) is 13.0 Å². The third-order valence-corrected chi connectivity index (χ3v) is 5.29. The molecule has 9 heteroatoms. The van der Waals surface area contributed by atoms with Crippen LogP contribution in [0.3, 0.4) is 0 Å². The first-order valence-electron chi connectivity index (χ1n) is 7.47. The Morgan fingerprint density at radius 1 is 1.33 bits per heavy atom. The zero-order valence-corrected chi connectivity index (χ0v) is 14.1. The number of hydrogen-bond donors (Lipinski definition) is 2. The lowest BCUT2D eigenvalue weighted by Crippen LogP contribution is -2.52. The molecule has 2 N–H and O–H groups in total. The SMILES string of the molecule is CNS(=O)(=O)c1ccc(CCC(=O)N2CCOC[C@@H]2C(=O)O)cc1. The van der Waals surface area contributed by atoms with Crippen LogP contribution in [0, 0.1) is 0 Å². The predicted molar refractivity (Wildman–Crippen MR) is 85.0 cm³/mol. The van der Waals surface area contributed by atoms with E-state index in [0.717, 1.165) is 5.56 Å². The highest BCUT2D eigenvalue weighted by Gasteiger charge is 2.32. The number of ether oxygens (including phenoxy) is 1. The fraction of sp³-hybridized carbons (Fsp3) is 0.467. The van der Waals surface area contributed by atoms with E-state index >= 15 is 0 Å². The monoisotopic (exact) mass is 356 g/mol. The molecular weight excluding hydrogens is 336 g/mol. The molecule has 0 aliphatic carbocycles. The molecule has 1 heterocycles. The van der Waals surface area contributed by atoms with Crippen molar-refractivity contribution in [3.8, 4) is 0 Å². The summed E-state index contributed by atoms with van der Waals surface area (Å²) in [5, 5.41) is 9.14. The van der Waals surface area contributed by atoms with Gasteiger partial charge in [-0.25, -0.2) is 17.9 Å². The number of benzene rings is 1. The van der Waals surface area contributed by atoms with E-state index in [-0.39, 0.29) is 30.4 Å². The number of morpholine rings is 1. The molecule has 1 fully saturated rings. The van der Waals surface area contributed by atoms with Crippen molar-refractivity contribution in [3.63, 3.8) is 0 Å². The molecule has 1 amide bonds. The lowest BCUT2D eigenvalue weighted by molar-refractivity contribution is -0.158. The molecule has 0 bridgehead atoms. The Labute approximate surface area is 140 Å². The summed E-state index contributed by atoms with van der Waals surface area (Å²) < 4.78 is 30.6. The maximum absolute atomic E-state index is 12.3. The third-order valence-electron chi connectivity index (χ3n) is 3.86. The maximum Gasteiger partial charge on any atom is 0.328 e. The lowest BCUT2D eigenvalue weighted by atomic mass is 10.1. The summed E-state index contributed by atoms with van der Waals surface area (Å²) in [6, 6.07) is 5.28. The van der Waals surface area contributed by atoms with E-state index in [2.05, 4.69) is 4.72 Å². The first-order chi connectivity index (χ1) is 11.3. The van der Waals surface area contributed by atoms with E-state index in [0.29, 0.717) is 13.0 Å². The van der Waals surface area contributed by atoms with Gasteiger partial charge in [-0.05, 0) is 31.2 Å². The lowest BCUT2D eigenvalue weighted by Gasteiger charge is -2.32. The molecule has 1 atom stereocenters. The minimum Gasteiger partial charge on any atom is -0.480 e. The second-order valence-corrected chi connectivity index (χ2v) is 7.25. The standard InChI is InChI=1S/C15H20N2O6S/c1-16-24(21,22)12-5-2-11(3-6-12)4-7-14(18)17-8-9-23-10-13(17)15(19)20/h2-3,5-6,13,16H,4,7-10H2,1H3,(H,19,20)/t13-/m1/s1. The number of sulfonamides is 1. The van der Waals surface area contributed by atoms with Gasteiger partial charge in [-0.3, -0.25) is 4.79 Å². The van der Waals surface area contributed by atoms with Crippen molar-refractivity contribution < 1.29 is 27.9 Å². The van der Waals surface area contributed by atoms with E-state index in [4.69, 9.17) is 9.84 Å². The molecule has 0 aromatic heterocycles. The van der Waals surface area contributed by atoms with Crippen molar-refractivity contribution in [3.05, 3.63) is 29.8 Å². The van der Waals surface area contributed by atoms with Crippen LogP contribution < -0.4 is 4.72 Å². The summed E-state index contributed by atoms with van der Waals surface area (Å²) in [6.07, 6.45) is 0.560. The molecule has 0 radical (unpaired) electrons. The molecule has 1 aromatic rings. The third kappa shape index (κ3) is 4.31. The van der Waals surface area contributed by atoms with Crippen LogP contribution in [0.1, 0.15) is 12.0 Å². The second-order valence-electron chi connectivity index (χ2n) is 5.37. The van der Waals surface area contributed by atoms with Gasteiger partial charge in [0.2, 0.25) is 15.9 Å². The van der Waals surface area contributed by atoms with Crippen molar-refractivity contribution in [1.29, 1.82) is 0 Å². The highest BCUT2D eigenvalue weighted by molar-refractivity contribution is 7.89. The maximum atomic E-state index is 12.3. The Hall–Kier alpha value is -1.97. The van der Waals surface area contributed by atoms with Gasteiger partial charge < -0.3 is 14.7 Å². The average Bonchev–Trinajstić information content (AvgIpc) is 2.60. The minimum atomic E-state index is -3.48. The summed E-state index contributed by atoms with van der Waals surface area (Å²) in [5.74, 6) is -1.33. The number of carboxylic acids is 1. The van der Waals surface area contributed by atoms with Crippen LogP contribution in [0.5, 0.6) is 0 Å². The van der Waals surface area contributed by atoms with Crippen LogP contribution in [-0.4, -0.2) is 63.1 Å². The van der Waals surface area contributed by atoms with Gasteiger partial charge in [0.25, 0.3) is 0 Å². The molecular formula is C15H20N2O6S. The van der Waals surface area contributed by atoms with Gasteiger partial charge >= 0.3 is 5.97 Å². The fourth-order valence-electron chi connectivity index (χ4n) is 2.45. The number of carbonyl (C=O) groups is 2. The summed E-state index contributed by atoms with van der Waals surface area (Å²) in [5.41, 5.74) is 0.804. The van der Waals surface area contributed by atoms with Gasteiger partial charge in [-0.1, -0.05) is 12.1 Å². The van der Waals surface area contributed by atoms with Gasteiger partial charge in [-0.2, -0.15) is 0 Å². The van der Waals surface area contributed by atoms with E-state index in [1.165, 1.54) is 24.1 Å². The topological polar surface area (TPSA) is 113 Å². The summed E-state index contributed by atoms with van der Waals surface area (Å²) in [6.45, 7) is 0.582. The molecule has 1 aliphatic rings. The summed E-state index contributed by atoms with van der Waals surface area (Å²) in [4.78, 5) is 24.9. The Kier molecular flexibility index (Phi) is 5.92. The predicted octanol–water partition coefficient (Wildman–Crippen LogP) is -0.161. The van der Waals surface area contributed by atoms with E-state index < -0.39 is 22.0 Å². The normalized spacial score (nSPS) is 18.4. The number of carbonyl (C=O) groups excluding carboxylic acids is 1. The summed E-state index contributed by atoms with van der Waals surface area (Å²) >= 11 is 0. The van der Waals surface area contributed by atoms with E-state index in [1.807, 2.05) is 0 Å². The molecule has 1 aliphatic heterocycles. The molecule has 0 spiro atoms. The van der Waals surface area contributed by atoms with Gasteiger partial charge in [0.15, 0.2) is 6.04 Å². The summed E-state index contributed by atoms with van der Waals surface area (Å²) in [7, 11) is -2.15. The number of aliphatic carboxylic acids is 1. The van der Waals surface area contributed by atoms with Crippen LogP contribution in [0.15, 0.2) is 29.2 Å². The fourth-order valence-corrected chi connectivity index (χ4v) is 3.18. The smallest absolute Gasteiger partial charge is 0.328 e. The van der Waals surface area contributed by atoms with Gasteiger partial charge in [-0.15, -0.1) is 0 Å². The zero-order chi connectivity index (χ0) is 17.7. The second kappa shape index (κ2) is 7.73. The number of nitrogens with zero attached hydrogens (tertiary/aromatic N) is 1. The molecule has 24 heavy (non-hydrogen) atoms. The number of carboxylic acid groups (broad SMARTS) is 1. The first-order valence-corrected chi connectivity index (χ1v) is 8.96. The Morgan fingerprint density at radius 3 is 2.58 bits per heavy atom. The van der Waals surface area contributed by atoms with Crippen LogP contribution in [-0.2, 0) is 30.8 Å². The van der Waals surface area contributed by atoms with Crippen molar-refractivity contribution in [2.24, 2.45) is 0 Å². The molecule has 8 nitrogen and oxygen atoms in total. The van der Waals surface area contributed by atoms with Gasteiger partial charge in [0.05, 0.1) is 18.1 Å². The molecule has 0 unspecified atom stereocenters. The molecule has 132 valence electrons. The van der Waals surface area contributed by atoms with E-state index in [1.54, 1.807) is 12.1 Å². The van der Waals surface area contributed by atoms with Crippen LogP contribution in [0.25, 0.3) is 0 Å². The van der Waals surface area contributed by atoms with Crippen molar-refractivity contribution >= 4 is 21.9 Å². The van der Waals surface area contributed by atoms with Crippen molar-refractivity contribution in [2.75, 3.05) is 26.8 Å². The van der Waals surface area contributed by atoms with Gasteiger partial charge in [0.1, 0.15) is 0 Å². The Bertz CT molecular complexity index is 701. The molecule has 0 saturated carbocycles. The zero-order valence-electron chi connectivity index (χ0n) is 13.3. The van der Waals surface area contributed by atoms with Crippen LogP contribution >= 0.6 is 0 Å².